The molecular weight excluding hydrogens is 376 g/mol. The first-order valence-corrected chi connectivity index (χ1v) is 11.0. The van der Waals surface area contributed by atoms with Crippen molar-refractivity contribution in [1.29, 1.82) is 0 Å². The largest absolute Gasteiger partial charge is 0.492 e. The second-order valence-electron chi connectivity index (χ2n) is 6.82. The van der Waals surface area contributed by atoms with E-state index in [1.807, 2.05) is 39.8 Å². The fourth-order valence-corrected chi connectivity index (χ4v) is 3.99. The van der Waals surface area contributed by atoms with Gasteiger partial charge in [-0.05, 0) is 51.0 Å². The number of nitrogens with zero attached hydrogens (tertiary/aromatic N) is 1. The van der Waals surface area contributed by atoms with Crippen LogP contribution in [0.4, 0.5) is 5.69 Å². The second kappa shape index (κ2) is 9.10. The van der Waals surface area contributed by atoms with Gasteiger partial charge in [-0.3, -0.25) is 9.10 Å². The van der Waals surface area contributed by atoms with Gasteiger partial charge < -0.3 is 10.1 Å². The molecule has 28 heavy (non-hydrogen) atoms. The van der Waals surface area contributed by atoms with Crippen LogP contribution in [-0.2, 0) is 14.8 Å². The lowest BCUT2D eigenvalue weighted by Gasteiger charge is -2.25. The van der Waals surface area contributed by atoms with Crippen molar-refractivity contribution in [2.24, 2.45) is 0 Å². The van der Waals surface area contributed by atoms with Gasteiger partial charge >= 0.3 is 0 Å². The molecule has 1 amide bonds. The second-order valence-corrected chi connectivity index (χ2v) is 8.73. The standard InChI is InChI=1S/C21H28N2O4S/c1-6-27-20-10-8-7-9-19(20)23(28(5,25)26)14-21(24)22-17(4)18-12-11-15(2)13-16(18)3/h7-13,17H,6,14H2,1-5H3,(H,22,24)/t17-/m0/s1. The molecule has 2 aromatic carbocycles. The average Bonchev–Trinajstić information content (AvgIpc) is 2.59. The van der Waals surface area contributed by atoms with Crippen molar-refractivity contribution in [2.75, 3.05) is 23.7 Å². The Labute approximate surface area is 167 Å². The number of carbonyl (C=O) groups is 1. The van der Waals surface area contributed by atoms with Crippen LogP contribution >= 0.6 is 0 Å². The molecule has 0 aliphatic carbocycles. The van der Waals surface area contributed by atoms with Crippen molar-refractivity contribution < 1.29 is 17.9 Å². The minimum absolute atomic E-state index is 0.239. The maximum atomic E-state index is 12.6. The lowest BCUT2D eigenvalue weighted by molar-refractivity contribution is -0.120. The van der Waals surface area contributed by atoms with Crippen molar-refractivity contribution in [3.8, 4) is 5.75 Å². The molecule has 0 heterocycles. The molecule has 6 nitrogen and oxygen atoms in total. The molecule has 0 spiro atoms. The van der Waals surface area contributed by atoms with Crippen LogP contribution in [0.2, 0.25) is 0 Å². The van der Waals surface area contributed by atoms with Gasteiger partial charge in [0, 0.05) is 0 Å². The summed E-state index contributed by atoms with van der Waals surface area (Å²) in [5.41, 5.74) is 3.57. The molecule has 0 unspecified atom stereocenters. The van der Waals surface area contributed by atoms with Crippen molar-refractivity contribution >= 4 is 21.6 Å². The molecular formula is C21H28N2O4S. The molecule has 1 N–H and O–H groups in total. The van der Waals surface area contributed by atoms with E-state index in [0.717, 1.165) is 27.3 Å². The van der Waals surface area contributed by atoms with E-state index in [1.54, 1.807) is 24.3 Å². The number of ether oxygens (including phenoxy) is 1. The number of rotatable bonds is 8. The van der Waals surface area contributed by atoms with Crippen molar-refractivity contribution in [1.82, 2.24) is 5.32 Å². The minimum Gasteiger partial charge on any atom is -0.492 e. The van der Waals surface area contributed by atoms with Crippen LogP contribution in [0.25, 0.3) is 0 Å². The topological polar surface area (TPSA) is 75.7 Å². The van der Waals surface area contributed by atoms with Gasteiger partial charge in [0.05, 0.1) is 24.6 Å². The van der Waals surface area contributed by atoms with Crippen LogP contribution in [-0.4, -0.2) is 33.7 Å². The molecule has 152 valence electrons. The summed E-state index contributed by atoms with van der Waals surface area (Å²) in [7, 11) is -3.68. The van der Waals surface area contributed by atoms with Crippen molar-refractivity contribution in [2.45, 2.75) is 33.7 Å². The molecule has 0 aromatic heterocycles. The SMILES string of the molecule is CCOc1ccccc1N(CC(=O)N[C@@H](C)c1ccc(C)cc1C)S(C)(=O)=O. The minimum atomic E-state index is -3.68. The van der Waals surface area contributed by atoms with E-state index in [0.29, 0.717) is 18.0 Å². The summed E-state index contributed by atoms with van der Waals surface area (Å²) < 4.78 is 31.3. The molecule has 0 saturated carbocycles. The molecule has 0 aliphatic rings. The molecule has 7 heteroatoms. The van der Waals surface area contributed by atoms with E-state index < -0.39 is 10.0 Å². The van der Waals surface area contributed by atoms with Crippen LogP contribution in [0.5, 0.6) is 5.75 Å². The first-order chi connectivity index (χ1) is 13.1. The van der Waals surface area contributed by atoms with Gasteiger partial charge in [-0.25, -0.2) is 8.42 Å². The zero-order valence-corrected chi connectivity index (χ0v) is 17.8. The Morgan fingerprint density at radius 3 is 2.46 bits per heavy atom. The van der Waals surface area contributed by atoms with E-state index in [-0.39, 0.29) is 18.5 Å². The first kappa shape index (κ1) is 21.8. The number of sulfonamides is 1. The van der Waals surface area contributed by atoms with Gasteiger partial charge in [-0.15, -0.1) is 0 Å². The molecule has 2 aromatic rings. The highest BCUT2D eigenvalue weighted by molar-refractivity contribution is 7.92. The highest BCUT2D eigenvalue weighted by Crippen LogP contribution is 2.29. The number of hydrogen-bond donors (Lipinski definition) is 1. The van der Waals surface area contributed by atoms with Crippen LogP contribution in [0, 0.1) is 13.8 Å². The van der Waals surface area contributed by atoms with E-state index >= 15 is 0 Å². The van der Waals surface area contributed by atoms with E-state index in [4.69, 9.17) is 4.74 Å². The summed E-state index contributed by atoms with van der Waals surface area (Å²) in [5.74, 6) is 0.0369. The molecule has 1 atom stereocenters. The molecule has 0 radical (unpaired) electrons. The fraction of sp³-hybridized carbons (Fsp3) is 0.381. The number of hydrogen-bond acceptors (Lipinski definition) is 4. The van der Waals surface area contributed by atoms with Crippen LogP contribution < -0.4 is 14.4 Å². The van der Waals surface area contributed by atoms with Gasteiger partial charge in [-0.1, -0.05) is 35.9 Å². The summed E-state index contributed by atoms with van der Waals surface area (Å²) >= 11 is 0. The van der Waals surface area contributed by atoms with Crippen LogP contribution in [0.3, 0.4) is 0 Å². The molecule has 0 fully saturated rings. The first-order valence-electron chi connectivity index (χ1n) is 9.19. The van der Waals surface area contributed by atoms with Gasteiger partial charge in [0.2, 0.25) is 15.9 Å². The maximum absolute atomic E-state index is 12.6. The summed E-state index contributed by atoms with van der Waals surface area (Å²) in [5, 5.41) is 2.89. The highest BCUT2D eigenvalue weighted by atomic mass is 32.2. The van der Waals surface area contributed by atoms with E-state index in [9.17, 15) is 13.2 Å². The monoisotopic (exact) mass is 404 g/mol. The highest BCUT2D eigenvalue weighted by Gasteiger charge is 2.24. The van der Waals surface area contributed by atoms with E-state index in [1.165, 1.54) is 0 Å². The zero-order chi connectivity index (χ0) is 20.9. The third kappa shape index (κ3) is 5.48. The van der Waals surface area contributed by atoms with E-state index in [2.05, 4.69) is 11.4 Å². The number of aryl methyl sites for hydroxylation is 2. The smallest absolute Gasteiger partial charge is 0.241 e. The number of para-hydroxylation sites is 2. The summed E-state index contributed by atoms with van der Waals surface area (Å²) in [6.07, 6.45) is 1.08. The lowest BCUT2D eigenvalue weighted by atomic mass is 10.0. The van der Waals surface area contributed by atoms with Crippen molar-refractivity contribution in [3.05, 3.63) is 59.2 Å². The lowest BCUT2D eigenvalue weighted by Crippen LogP contribution is -2.41. The Morgan fingerprint density at radius 1 is 1.18 bits per heavy atom. The quantitative estimate of drug-likeness (QED) is 0.732. The van der Waals surface area contributed by atoms with Gasteiger partial charge in [0.1, 0.15) is 12.3 Å². The zero-order valence-electron chi connectivity index (χ0n) is 17.0. The molecule has 0 saturated heterocycles. The molecule has 0 aliphatic heterocycles. The predicted octanol–water partition coefficient (Wildman–Crippen LogP) is 3.35. The summed E-state index contributed by atoms with van der Waals surface area (Å²) in [6, 6.07) is 12.6. The molecule has 2 rings (SSSR count). The Balaban J connectivity index is 2.23. The number of amides is 1. The number of carbonyl (C=O) groups excluding carboxylic acids is 1. The van der Waals surface area contributed by atoms with Gasteiger partial charge in [0.15, 0.2) is 0 Å². The summed E-state index contributed by atoms with van der Waals surface area (Å²) in [6.45, 7) is 7.78. The fourth-order valence-electron chi connectivity index (χ4n) is 3.13. The Kier molecular flexibility index (Phi) is 7.07. The average molecular weight is 405 g/mol. The van der Waals surface area contributed by atoms with Gasteiger partial charge in [0.25, 0.3) is 0 Å². The third-order valence-corrected chi connectivity index (χ3v) is 5.52. The van der Waals surface area contributed by atoms with Crippen LogP contribution in [0.15, 0.2) is 42.5 Å². The number of nitrogens with one attached hydrogen (secondary N) is 1. The Morgan fingerprint density at radius 2 is 1.86 bits per heavy atom. The Hall–Kier alpha value is -2.54. The normalized spacial score (nSPS) is 12.3. The molecule has 0 bridgehead atoms. The summed E-state index contributed by atoms with van der Waals surface area (Å²) in [4.78, 5) is 12.6. The van der Waals surface area contributed by atoms with Crippen molar-refractivity contribution in [3.63, 3.8) is 0 Å². The number of benzene rings is 2. The maximum Gasteiger partial charge on any atom is 0.241 e. The van der Waals surface area contributed by atoms with Crippen LogP contribution in [0.1, 0.15) is 36.6 Å². The number of anilines is 1. The Bertz CT molecular complexity index is 941. The predicted molar refractivity (Wildman–Crippen MR) is 112 cm³/mol. The third-order valence-electron chi connectivity index (χ3n) is 4.39. The van der Waals surface area contributed by atoms with Gasteiger partial charge in [-0.2, -0.15) is 0 Å².